The van der Waals surface area contributed by atoms with E-state index in [0.29, 0.717) is 11.4 Å². The average molecular weight is 252 g/mol. The average Bonchev–Trinajstić information content (AvgIpc) is 3.02. The van der Waals surface area contributed by atoms with Crippen LogP contribution in [0.25, 0.3) is 0 Å². The molecule has 1 fully saturated rings. The van der Waals surface area contributed by atoms with Crippen molar-refractivity contribution in [3.05, 3.63) is 21.5 Å². The number of nitro groups is 1. The molecule has 1 amide bonds. The standard InChI is InChI=1S/C11H16N4O3/c1-6-10(15(17)18)7(2)14(13-6)8(3)11(16)12-9-4-5-9/h8-9H,4-5H2,1-3H3,(H,12,16). The summed E-state index contributed by atoms with van der Waals surface area (Å²) in [5, 5.41) is 17.8. The second kappa shape index (κ2) is 4.40. The fourth-order valence-electron chi connectivity index (χ4n) is 1.96. The largest absolute Gasteiger partial charge is 0.352 e. The van der Waals surface area contributed by atoms with E-state index in [4.69, 9.17) is 0 Å². The number of amides is 1. The molecule has 1 aliphatic rings. The number of aryl methyl sites for hydroxylation is 1. The highest BCUT2D eigenvalue weighted by atomic mass is 16.6. The Morgan fingerprint density at radius 3 is 2.61 bits per heavy atom. The molecule has 18 heavy (non-hydrogen) atoms. The third-order valence-electron chi connectivity index (χ3n) is 3.14. The van der Waals surface area contributed by atoms with Gasteiger partial charge in [0, 0.05) is 6.04 Å². The zero-order valence-corrected chi connectivity index (χ0v) is 10.6. The molecule has 1 saturated carbocycles. The Kier molecular flexibility index (Phi) is 3.06. The van der Waals surface area contributed by atoms with E-state index in [1.165, 1.54) is 4.68 Å². The Balaban J connectivity index is 2.24. The first kappa shape index (κ1) is 12.5. The lowest BCUT2D eigenvalue weighted by Gasteiger charge is -2.13. The Bertz CT molecular complexity index is 505. The molecule has 1 unspecified atom stereocenters. The molecule has 1 aromatic rings. The van der Waals surface area contributed by atoms with Crippen LogP contribution in [0.3, 0.4) is 0 Å². The molecule has 1 aromatic heterocycles. The molecule has 1 heterocycles. The summed E-state index contributed by atoms with van der Waals surface area (Å²) in [7, 11) is 0. The number of hydrogen-bond donors (Lipinski definition) is 1. The molecular formula is C11H16N4O3. The molecule has 0 aromatic carbocycles. The van der Waals surface area contributed by atoms with Gasteiger partial charge in [0.2, 0.25) is 5.91 Å². The number of carbonyl (C=O) groups is 1. The molecule has 2 rings (SSSR count). The van der Waals surface area contributed by atoms with Gasteiger partial charge in [0.15, 0.2) is 0 Å². The summed E-state index contributed by atoms with van der Waals surface area (Å²) in [6.45, 7) is 4.88. The topological polar surface area (TPSA) is 90.1 Å². The van der Waals surface area contributed by atoms with Crippen molar-refractivity contribution in [1.29, 1.82) is 0 Å². The maximum Gasteiger partial charge on any atom is 0.312 e. The van der Waals surface area contributed by atoms with Gasteiger partial charge in [-0.05, 0) is 33.6 Å². The maximum atomic E-state index is 11.9. The first-order valence-corrected chi connectivity index (χ1v) is 5.92. The number of hydrogen-bond acceptors (Lipinski definition) is 4. The fourth-order valence-corrected chi connectivity index (χ4v) is 1.96. The molecule has 0 radical (unpaired) electrons. The number of nitrogens with one attached hydrogen (secondary N) is 1. The van der Waals surface area contributed by atoms with Crippen molar-refractivity contribution < 1.29 is 9.72 Å². The molecule has 0 aliphatic heterocycles. The number of rotatable bonds is 4. The van der Waals surface area contributed by atoms with E-state index < -0.39 is 11.0 Å². The summed E-state index contributed by atoms with van der Waals surface area (Å²) in [5.41, 5.74) is 0.737. The highest BCUT2D eigenvalue weighted by Gasteiger charge is 2.30. The minimum atomic E-state index is -0.530. The van der Waals surface area contributed by atoms with Gasteiger partial charge in [-0.2, -0.15) is 5.10 Å². The predicted octanol–water partition coefficient (Wildman–Crippen LogP) is 1.25. The highest BCUT2D eigenvalue weighted by Crippen LogP contribution is 2.25. The Hall–Kier alpha value is -1.92. The van der Waals surface area contributed by atoms with Crippen molar-refractivity contribution in [3.8, 4) is 0 Å². The number of carbonyl (C=O) groups excluding carboxylic acids is 1. The predicted molar refractivity (Wildman–Crippen MR) is 64.2 cm³/mol. The molecule has 0 saturated heterocycles. The van der Waals surface area contributed by atoms with Gasteiger partial charge >= 0.3 is 5.69 Å². The smallest absolute Gasteiger partial charge is 0.312 e. The number of aromatic nitrogens is 2. The Morgan fingerprint density at radius 2 is 2.17 bits per heavy atom. The van der Waals surface area contributed by atoms with Crippen LogP contribution in [0.5, 0.6) is 0 Å². The zero-order valence-electron chi connectivity index (χ0n) is 10.6. The van der Waals surface area contributed by atoms with E-state index in [1.807, 2.05) is 0 Å². The van der Waals surface area contributed by atoms with Crippen LogP contribution >= 0.6 is 0 Å². The van der Waals surface area contributed by atoms with Crippen molar-refractivity contribution in [2.24, 2.45) is 0 Å². The van der Waals surface area contributed by atoms with Crippen molar-refractivity contribution in [3.63, 3.8) is 0 Å². The lowest BCUT2D eigenvalue weighted by Crippen LogP contribution is -2.33. The lowest BCUT2D eigenvalue weighted by molar-refractivity contribution is -0.386. The molecule has 0 spiro atoms. The summed E-state index contributed by atoms with van der Waals surface area (Å²) in [6, 6.07) is -0.259. The van der Waals surface area contributed by atoms with E-state index in [-0.39, 0.29) is 17.6 Å². The maximum absolute atomic E-state index is 11.9. The van der Waals surface area contributed by atoms with E-state index in [2.05, 4.69) is 10.4 Å². The van der Waals surface area contributed by atoms with Crippen LogP contribution in [0.2, 0.25) is 0 Å². The van der Waals surface area contributed by atoms with Crippen molar-refractivity contribution >= 4 is 11.6 Å². The molecule has 1 N–H and O–H groups in total. The van der Waals surface area contributed by atoms with Gasteiger partial charge in [-0.25, -0.2) is 0 Å². The summed E-state index contributed by atoms with van der Waals surface area (Å²) in [5.74, 6) is -0.141. The minimum Gasteiger partial charge on any atom is -0.352 e. The van der Waals surface area contributed by atoms with Gasteiger partial charge in [-0.1, -0.05) is 0 Å². The fraction of sp³-hybridized carbons (Fsp3) is 0.636. The molecular weight excluding hydrogens is 236 g/mol. The van der Waals surface area contributed by atoms with Crippen molar-refractivity contribution in [2.75, 3.05) is 0 Å². The molecule has 7 nitrogen and oxygen atoms in total. The zero-order chi connectivity index (χ0) is 13.4. The third kappa shape index (κ3) is 2.20. The first-order chi connectivity index (χ1) is 8.41. The van der Waals surface area contributed by atoms with Crippen molar-refractivity contribution in [1.82, 2.24) is 15.1 Å². The van der Waals surface area contributed by atoms with Crippen LogP contribution in [-0.2, 0) is 4.79 Å². The van der Waals surface area contributed by atoms with E-state index in [1.54, 1.807) is 20.8 Å². The van der Waals surface area contributed by atoms with Crippen LogP contribution in [0.1, 0.15) is 37.2 Å². The summed E-state index contributed by atoms with van der Waals surface area (Å²) < 4.78 is 1.42. The lowest BCUT2D eigenvalue weighted by atomic mass is 10.3. The van der Waals surface area contributed by atoms with Crippen LogP contribution in [0.4, 0.5) is 5.69 Å². The van der Waals surface area contributed by atoms with Crippen LogP contribution in [0, 0.1) is 24.0 Å². The third-order valence-corrected chi connectivity index (χ3v) is 3.14. The van der Waals surface area contributed by atoms with Crippen LogP contribution in [-0.4, -0.2) is 26.7 Å². The van der Waals surface area contributed by atoms with Crippen LogP contribution < -0.4 is 5.32 Å². The van der Waals surface area contributed by atoms with Crippen molar-refractivity contribution in [2.45, 2.75) is 45.7 Å². The Labute approximate surface area is 104 Å². The monoisotopic (exact) mass is 252 g/mol. The van der Waals surface area contributed by atoms with Crippen LogP contribution in [0.15, 0.2) is 0 Å². The second-order valence-electron chi connectivity index (χ2n) is 4.68. The van der Waals surface area contributed by atoms with Gasteiger partial charge in [0.1, 0.15) is 17.4 Å². The highest BCUT2D eigenvalue weighted by molar-refractivity contribution is 5.80. The van der Waals surface area contributed by atoms with Gasteiger partial charge in [0.05, 0.1) is 4.92 Å². The minimum absolute atomic E-state index is 0.0129. The normalized spacial score (nSPS) is 16.4. The van der Waals surface area contributed by atoms with E-state index in [0.717, 1.165) is 12.8 Å². The summed E-state index contributed by atoms with van der Waals surface area (Å²) >= 11 is 0. The molecule has 0 bridgehead atoms. The summed E-state index contributed by atoms with van der Waals surface area (Å²) in [4.78, 5) is 22.3. The Morgan fingerprint density at radius 1 is 1.56 bits per heavy atom. The quantitative estimate of drug-likeness (QED) is 0.645. The van der Waals surface area contributed by atoms with Gasteiger partial charge in [-0.3, -0.25) is 19.6 Å². The number of nitrogens with zero attached hydrogens (tertiary/aromatic N) is 3. The molecule has 1 aliphatic carbocycles. The van der Waals surface area contributed by atoms with Gasteiger partial charge < -0.3 is 5.32 Å². The first-order valence-electron chi connectivity index (χ1n) is 5.92. The SMILES string of the molecule is Cc1nn(C(C)C(=O)NC2CC2)c(C)c1[N+](=O)[O-]. The molecule has 1 atom stereocenters. The second-order valence-corrected chi connectivity index (χ2v) is 4.68. The summed E-state index contributed by atoms with van der Waals surface area (Å²) in [6.07, 6.45) is 2.02. The van der Waals surface area contributed by atoms with Gasteiger partial charge in [0.25, 0.3) is 0 Å². The molecule has 98 valence electrons. The van der Waals surface area contributed by atoms with E-state index >= 15 is 0 Å². The molecule has 7 heteroatoms. The van der Waals surface area contributed by atoms with E-state index in [9.17, 15) is 14.9 Å². The van der Waals surface area contributed by atoms with Gasteiger partial charge in [-0.15, -0.1) is 0 Å².